The van der Waals surface area contributed by atoms with E-state index in [1.54, 1.807) is 22.8 Å². The third-order valence-corrected chi connectivity index (χ3v) is 2.78. The van der Waals surface area contributed by atoms with Crippen LogP contribution in [0, 0.1) is 5.92 Å². The molecule has 0 radical (unpaired) electrons. The fourth-order valence-electron chi connectivity index (χ4n) is 1.62. The Balaban J connectivity index is 2.28. The molecule has 6 nitrogen and oxygen atoms in total. The summed E-state index contributed by atoms with van der Waals surface area (Å²) in [6.45, 7) is 3.80. The van der Waals surface area contributed by atoms with E-state index in [0.717, 1.165) is 0 Å². The predicted octanol–water partition coefficient (Wildman–Crippen LogP) is 1.30. The average Bonchev–Trinajstić information content (AvgIpc) is 2.66. The van der Waals surface area contributed by atoms with Crippen LogP contribution in [0.15, 0.2) is 18.3 Å². The van der Waals surface area contributed by atoms with Gasteiger partial charge in [-0.05, 0) is 18.1 Å². The first-order chi connectivity index (χ1) is 8.47. The van der Waals surface area contributed by atoms with Crippen molar-refractivity contribution in [3.63, 3.8) is 0 Å². The number of aromatic nitrogens is 3. The maximum atomic E-state index is 11.3. The van der Waals surface area contributed by atoms with Crippen molar-refractivity contribution in [1.29, 1.82) is 0 Å². The number of anilines is 1. The molecule has 0 aliphatic heterocycles. The van der Waals surface area contributed by atoms with Crippen LogP contribution in [0.4, 0.5) is 5.95 Å². The van der Waals surface area contributed by atoms with Crippen molar-refractivity contribution < 1.29 is 4.79 Å². The number of carbonyl (C=O) groups is 1. The molecule has 18 heavy (non-hydrogen) atoms. The summed E-state index contributed by atoms with van der Waals surface area (Å²) in [6, 6.07) is 2.97. The molecule has 0 fully saturated rings. The van der Waals surface area contributed by atoms with Crippen molar-refractivity contribution in [2.75, 3.05) is 5.32 Å². The monoisotopic (exact) mass is 267 g/mol. The summed E-state index contributed by atoms with van der Waals surface area (Å²) in [4.78, 5) is 15.5. The van der Waals surface area contributed by atoms with Crippen molar-refractivity contribution in [3.8, 4) is 0 Å². The molecule has 0 spiro atoms. The Morgan fingerprint density at radius 3 is 2.83 bits per heavy atom. The van der Waals surface area contributed by atoms with Crippen molar-refractivity contribution in [2.45, 2.75) is 19.9 Å². The van der Waals surface area contributed by atoms with Crippen LogP contribution in [0.25, 0.3) is 5.65 Å². The molecule has 0 saturated heterocycles. The number of nitrogens with zero attached hydrogens (tertiary/aromatic N) is 3. The minimum atomic E-state index is -0.502. The van der Waals surface area contributed by atoms with E-state index in [4.69, 9.17) is 17.3 Å². The lowest BCUT2D eigenvalue weighted by atomic mass is 10.0. The highest BCUT2D eigenvalue weighted by molar-refractivity contribution is 6.30. The lowest BCUT2D eigenvalue weighted by Gasteiger charge is -2.17. The number of amides is 1. The van der Waals surface area contributed by atoms with Crippen LogP contribution in [0.2, 0.25) is 5.02 Å². The van der Waals surface area contributed by atoms with Gasteiger partial charge in [-0.2, -0.15) is 4.98 Å². The lowest BCUT2D eigenvalue weighted by molar-refractivity contribution is -0.119. The predicted molar refractivity (Wildman–Crippen MR) is 69.4 cm³/mol. The molecule has 0 aliphatic carbocycles. The third-order valence-electron chi connectivity index (χ3n) is 2.55. The first-order valence-electron chi connectivity index (χ1n) is 5.55. The van der Waals surface area contributed by atoms with Crippen LogP contribution in [0.5, 0.6) is 0 Å². The van der Waals surface area contributed by atoms with E-state index in [1.165, 1.54) is 0 Å². The van der Waals surface area contributed by atoms with Gasteiger partial charge >= 0.3 is 0 Å². The van der Waals surface area contributed by atoms with E-state index >= 15 is 0 Å². The summed E-state index contributed by atoms with van der Waals surface area (Å²) >= 11 is 5.85. The summed E-state index contributed by atoms with van der Waals surface area (Å²) in [7, 11) is 0. The second-order valence-electron chi connectivity index (χ2n) is 4.35. The molecule has 0 saturated carbocycles. The fourth-order valence-corrected chi connectivity index (χ4v) is 1.78. The molecule has 2 aromatic heterocycles. The second kappa shape index (κ2) is 4.81. The topological polar surface area (TPSA) is 85.3 Å². The molecule has 0 aliphatic rings. The maximum Gasteiger partial charge on any atom is 0.243 e. The van der Waals surface area contributed by atoms with Gasteiger partial charge < -0.3 is 11.1 Å². The highest BCUT2D eigenvalue weighted by Crippen LogP contribution is 2.13. The van der Waals surface area contributed by atoms with Gasteiger partial charge in [0.15, 0.2) is 5.65 Å². The number of primary amides is 1. The van der Waals surface area contributed by atoms with Gasteiger partial charge in [-0.3, -0.25) is 4.79 Å². The zero-order valence-corrected chi connectivity index (χ0v) is 10.8. The molecule has 0 bridgehead atoms. The van der Waals surface area contributed by atoms with E-state index in [0.29, 0.717) is 16.6 Å². The van der Waals surface area contributed by atoms with E-state index in [-0.39, 0.29) is 5.92 Å². The van der Waals surface area contributed by atoms with E-state index in [1.807, 2.05) is 13.8 Å². The molecule has 2 aromatic rings. The average molecular weight is 268 g/mol. The van der Waals surface area contributed by atoms with Gasteiger partial charge in [0.05, 0.1) is 5.02 Å². The van der Waals surface area contributed by atoms with Gasteiger partial charge in [0.2, 0.25) is 11.9 Å². The summed E-state index contributed by atoms with van der Waals surface area (Å²) < 4.78 is 1.54. The standard InChI is InChI=1S/C11H14ClN5O/c1-6(2)9(10(13)18)15-11-14-8-4-3-7(12)5-17(8)16-11/h3-6,9H,1-2H3,(H2,13,18)(H,15,16). The molecule has 1 atom stereocenters. The second-order valence-corrected chi connectivity index (χ2v) is 4.79. The molecule has 7 heteroatoms. The highest BCUT2D eigenvalue weighted by atomic mass is 35.5. The number of rotatable bonds is 4. The lowest BCUT2D eigenvalue weighted by Crippen LogP contribution is -2.39. The van der Waals surface area contributed by atoms with Crippen LogP contribution >= 0.6 is 11.6 Å². The minimum absolute atomic E-state index is 0.0534. The zero-order valence-electron chi connectivity index (χ0n) is 10.1. The molecule has 0 aromatic carbocycles. The normalized spacial score (nSPS) is 12.9. The Hall–Kier alpha value is -1.82. The number of nitrogens with one attached hydrogen (secondary N) is 1. The van der Waals surface area contributed by atoms with Gasteiger partial charge in [0.25, 0.3) is 0 Å². The molecule has 1 unspecified atom stereocenters. The SMILES string of the molecule is CC(C)C(Nc1nc2ccc(Cl)cn2n1)C(N)=O. The summed E-state index contributed by atoms with van der Waals surface area (Å²) in [6.07, 6.45) is 1.64. The van der Waals surface area contributed by atoms with Crippen LogP contribution < -0.4 is 11.1 Å². The molecule has 3 N–H and O–H groups in total. The number of hydrogen-bond donors (Lipinski definition) is 2. The molecule has 1 amide bonds. The van der Waals surface area contributed by atoms with Crippen LogP contribution in [0.3, 0.4) is 0 Å². The van der Waals surface area contributed by atoms with Crippen LogP contribution in [-0.4, -0.2) is 26.5 Å². The summed E-state index contributed by atoms with van der Waals surface area (Å²) in [5.41, 5.74) is 5.97. The molecule has 96 valence electrons. The van der Waals surface area contributed by atoms with Crippen molar-refractivity contribution in [2.24, 2.45) is 11.7 Å². The number of hydrogen-bond acceptors (Lipinski definition) is 4. The van der Waals surface area contributed by atoms with E-state index in [2.05, 4.69) is 15.4 Å². The molecule has 2 rings (SSSR count). The van der Waals surface area contributed by atoms with Gasteiger partial charge in [-0.25, -0.2) is 4.52 Å². The Labute approximate surface area is 109 Å². The molecule has 2 heterocycles. The Kier molecular flexibility index (Phi) is 3.38. The third kappa shape index (κ3) is 2.53. The maximum absolute atomic E-state index is 11.3. The number of pyridine rings is 1. The van der Waals surface area contributed by atoms with Crippen molar-refractivity contribution in [1.82, 2.24) is 14.6 Å². The smallest absolute Gasteiger partial charge is 0.243 e. The number of fused-ring (bicyclic) bond motifs is 1. The quantitative estimate of drug-likeness (QED) is 0.874. The van der Waals surface area contributed by atoms with Gasteiger partial charge in [0.1, 0.15) is 6.04 Å². The Morgan fingerprint density at radius 1 is 1.50 bits per heavy atom. The number of nitrogens with two attached hydrogens (primary N) is 1. The fraction of sp³-hybridized carbons (Fsp3) is 0.364. The van der Waals surface area contributed by atoms with Gasteiger partial charge in [-0.15, -0.1) is 5.10 Å². The molecular weight excluding hydrogens is 254 g/mol. The van der Waals surface area contributed by atoms with Gasteiger partial charge in [0, 0.05) is 6.20 Å². The first kappa shape index (κ1) is 12.6. The number of carbonyl (C=O) groups excluding carboxylic acids is 1. The van der Waals surface area contributed by atoms with Crippen molar-refractivity contribution >= 4 is 29.1 Å². The largest absolute Gasteiger partial charge is 0.368 e. The Bertz CT molecular complexity index is 580. The highest BCUT2D eigenvalue weighted by Gasteiger charge is 2.20. The summed E-state index contributed by atoms with van der Waals surface area (Å²) in [5, 5.41) is 7.67. The van der Waals surface area contributed by atoms with Crippen LogP contribution in [0.1, 0.15) is 13.8 Å². The van der Waals surface area contributed by atoms with Crippen molar-refractivity contribution in [3.05, 3.63) is 23.4 Å². The van der Waals surface area contributed by atoms with Crippen LogP contribution in [-0.2, 0) is 4.79 Å². The van der Waals surface area contributed by atoms with E-state index in [9.17, 15) is 4.79 Å². The number of halogens is 1. The minimum Gasteiger partial charge on any atom is -0.368 e. The Morgan fingerprint density at radius 2 is 2.22 bits per heavy atom. The zero-order chi connectivity index (χ0) is 13.3. The summed E-state index contributed by atoms with van der Waals surface area (Å²) in [5.74, 6) is -0.0191. The first-order valence-corrected chi connectivity index (χ1v) is 5.93. The van der Waals surface area contributed by atoms with E-state index < -0.39 is 11.9 Å². The molecular formula is C11H14ClN5O. The van der Waals surface area contributed by atoms with Gasteiger partial charge in [-0.1, -0.05) is 25.4 Å².